The molecule has 154 valence electrons. The number of hydrogen-bond acceptors (Lipinski definition) is 3. The average Bonchev–Trinajstić information content (AvgIpc) is 2.69. The first-order valence-corrected chi connectivity index (χ1v) is 10.5. The number of likely N-dealkylation sites (tertiary alicyclic amines) is 2. The van der Waals surface area contributed by atoms with E-state index in [0.717, 1.165) is 57.4 Å². The molecule has 28 heavy (non-hydrogen) atoms. The molecule has 0 unspecified atom stereocenters. The van der Waals surface area contributed by atoms with E-state index in [-0.39, 0.29) is 24.2 Å². The van der Waals surface area contributed by atoms with Gasteiger partial charge in [0.2, 0.25) is 11.8 Å². The van der Waals surface area contributed by atoms with Crippen molar-refractivity contribution in [2.75, 3.05) is 46.3 Å². The Morgan fingerprint density at radius 2 is 2.04 bits per heavy atom. The van der Waals surface area contributed by atoms with Gasteiger partial charge in [0, 0.05) is 39.6 Å². The molecule has 5 nitrogen and oxygen atoms in total. The van der Waals surface area contributed by atoms with E-state index in [1.165, 1.54) is 6.07 Å². The fourth-order valence-corrected chi connectivity index (χ4v) is 4.29. The molecule has 0 spiro atoms. The maximum atomic E-state index is 13.8. The molecule has 3 rings (SSSR count). The van der Waals surface area contributed by atoms with Crippen LogP contribution in [0.25, 0.3) is 0 Å². The highest BCUT2D eigenvalue weighted by atomic mass is 19.1. The van der Waals surface area contributed by atoms with Crippen LogP contribution in [0, 0.1) is 11.7 Å². The van der Waals surface area contributed by atoms with E-state index in [1.54, 1.807) is 15.9 Å². The van der Waals surface area contributed by atoms with E-state index in [9.17, 15) is 14.0 Å². The zero-order chi connectivity index (χ0) is 19.9. The van der Waals surface area contributed by atoms with Crippen molar-refractivity contribution in [1.82, 2.24) is 14.7 Å². The van der Waals surface area contributed by atoms with Gasteiger partial charge in [0.15, 0.2) is 0 Å². The van der Waals surface area contributed by atoms with Crippen LogP contribution in [0.1, 0.15) is 37.7 Å². The third kappa shape index (κ3) is 5.77. The van der Waals surface area contributed by atoms with Gasteiger partial charge in [0.25, 0.3) is 0 Å². The maximum absolute atomic E-state index is 13.8. The molecule has 2 amide bonds. The fraction of sp³-hybridized carbons (Fsp3) is 0.636. The lowest BCUT2D eigenvalue weighted by molar-refractivity contribution is -0.141. The molecule has 0 aromatic heterocycles. The Bertz CT molecular complexity index is 682. The lowest BCUT2D eigenvalue weighted by atomic mass is 9.97. The van der Waals surface area contributed by atoms with Gasteiger partial charge in [-0.15, -0.1) is 0 Å². The van der Waals surface area contributed by atoms with Crippen molar-refractivity contribution in [3.05, 3.63) is 35.6 Å². The molecule has 2 aliphatic heterocycles. The Morgan fingerprint density at radius 1 is 1.21 bits per heavy atom. The molecule has 2 heterocycles. The second kappa shape index (κ2) is 10.0. The quantitative estimate of drug-likeness (QED) is 0.720. The number of rotatable bonds is 7. The molecule has 2 saturated heterocycles. The van der Waals surface area contributed by atoms with Gasteiger partial charge >= 0.3 is 0 Å². The van der Waals surface area contributed by atoms with Crippen molar-refractivity contribution >= 4 is 11.8 Å². The van der Waals surface area contributed by atoms with Gasteiger partial charge in [-0.2, -0.15) is 0 Å². The highest BCUT2D eigenvalue weighted by Gasteiger charge is 2.25. The highest BCUT2D eigenvalue weighted by Crippen LogP contribution is 2.19. The molecule has 0 N–H and O–H groups in total. The maximum Gasteiger partial charge on any atom is 0.241 e. The van der Waals surface area contributed by atoms with Gasteiger partial charge in [-0.25, -0.2) is 4.39 Å². The lowest BCUT2D eigenvalue weighted by Crippen LogP contribution is -2.46. The van der Waals surface area contributed by atoms with E-state index < -0.39 is 0 Å². The number of piperidine rings is 2. The standard InChI is InChI=1S/C22H32FN3O2/c1-24(22(28)17-26-13-5-4-10-21(26)27)15-18-7-6-12-25(16-18)14-11-19-8-2-3-9-20(19)23/h2-3,8-9,18H,4-7,10-17H2,1H3/t18-/m0/s1. The zero-order valence-corrected chi connectivity index (χ0v) is 16.9. The minimum absolute atomic E-state index is 0.0266. The first-order chi connectivity index (χ1) is 13.5. The summed E-state index contributed by atoms with van der Waals surface area (Å²) in [6.45, 7) is 4.44. The van der Waals surface area contributed by atoms with Crippen LogP contribution in [0.15, 0.2) is 24.3 Å². The van der Waals surface area contributed by atoms with Gasteiger partial charge in [0.1, 0.15) is 5.82 Å². The molecule has 0 aliphatic carbocycles. The summed E-state index contributed by atoms with van der Waals surface area (Å²) in [7, 11) is 1.84. The average molecular weight is 390 g/mol. The summed E-state index contributed by atoms with van der Waals surface area (Å²) in [6.07, 6.45) is 5.42. The van der Waals surface area contributed by atoms with Gasteiger partial charge in [-0.3, -0.25) is 9.59 Å². The van der Waals surface area contributed by atoms with Crippen molar-refractivity contribution < 1.29 is 14.0 Å². The van der Waals surface area contributed by atoms with Gasteiger partial charge < -0.3 is 14.7 Å². The Morgan fingerprint density at radius 3 is 2.82 bits per heavy atom. The minimum Gasteiger partial charge on any atom is -0.344 e. The Labute approximate surface area is 167 Å². The molecule has 1 aromatic rings. The zero-order valence-electron chi connectivity index (χ0n) is 16.9. The smallest absolute Gasteiger partial charge is 0.241 e. The highest BCUT2D eigenvalue weighted by molar-refractivity contribution is 5.85. The summed E-state index contributed by atoms with van der Waals surface area (Å²) in [4.78, 5) is 30.3. The van der Waals surface area contributed by atoms with Crippen LogP contribution in [-0.4, -0.2) is 72.8 Å². The third-order valence-electron chi connectivity index (χ3n) is 5.96. The molecular weight excluding hydrogens is 357 g/mol. The molecule has 2 fully saturated rings. The summed E-state index contributed by atoms with van der Waals surface area (Å²) < 4.78 is 13.8. The Kier molecular flexibility index (Phi) is 7.43. The van der Waals surface area contributed by atoms with E-state index in [0.29, 0.717) is 25.3 Å². The van der Waals surface area contributed by atoms with E-state index >= 15 is 0 Å². The summed E-state index contributed by atoms with van der Waals surface area (Å²) in [5.74, 6) is 0.428. The van der Waals surface area contributed by atoms with Crippen molar-refractivity contribution in [3.63, 3.8) is 0 Å². The van der Waals surface area contributed by atoms with E-state index in [1.807, 2.05) is 19.2 Å². The Hall–Kier alpha value is -1.95. The topological polar surface area (TPSA) is 43.9 Å². The van der Waals surface area contributed by atoms with Gasteiger partial charge in [-0.1, -0.05) is 18.2 Å². The minimum atomic E-state index is -0.131. The summed E-state index contributed by atoms with van der Waals surface area (Å²) in [5, 5.41) is 0. The van der Waals surface area contributed by atoms with Gasteiger partial charge in [0.05, 0.1) is 6.54 Å². The van der Waals surface area contributed by atoms with Crippen LogP contribution in [0.4, 0.5) is 4.39 Å². The van der Waals surface area contributed by atoms with Crippen LogP contribution in [0.2, 0.25) is 0 Å². The summed E-state index contributed by atoms with van der Waals surface area (Å²) in [6, 6.07) is 6.97. The number of hydrogen-bond donors (Lipinski definition) is 0. The SMILES string of the molecule is CN(C[C@@H]1CCCN(CCc2ccccc2F)C1)C(=O)CN1CCCCC1=O. The Balaban J connectivity index is 1.44. The van der Waals surface area contributed by atoms with Crippen LogP contribution in [0.3, 0.4) is 0 Å². The molecule has 2 aliphatic rings. The van der Waals surface area contributed by atoms with Crippen LogP contribution >= 0.6 is 0 Å². The molecule has 6 heteroatoms. The number of benzene rings is 1. The van der Waals surface area contributed by atoms with E-state index in [2.05, 4.69) is 4.90 Å². The fourth-order valence-electron chi connectivity index (χ4n) is 4.29. The lowest BCUT2D eigenvalue weighted by Gasteiger charge is -2.35. The molecular formula is C22H32FN3O2. The molecule has 1 atom stereocenters. The second-order valence-electron chi connectivity index (χ2n) is 8.20. The normalized spacial score (nSPS) is 21.0. The molecule has 0 bridgehead atoms. The predicted octanol–water partition coefficient (Wildman–Crippen LogP) is 2.55. The van der Waals surface area contributed by atoms with Crippen molar-refractivity contribution in [2.24, 2.45) is 5.92 Å². The first kappa shape index (κ1) is 20.8. The second-order valence-corrected chi connectivity index (χ2v) is 8.20. The van der Waals surface area contributed by atoms with Gasteiger partial charge in [-0.05, 0) is 56.2 Å². The predicted molar refractivity (Wildman–Crippen MR) is 107 cm³/mol. The molecule has 0 radical (unpaired) electrons. The van der Waals surface area contributed by atoms with Crippen LogP contribution < -0.4 is 0 Å². The number of halogens is 1. The number of carbonyl (C=O) groups is 2. The number of nitrogens with zero attached hydrogens (tertiary/aromatic N) is 3. The third-order valence-corrected chi connectivity index (χ3v) is 5.96. The number of likely N-dealkylation sites (N-methyl/N-ethyl adjacent to an activating group) is 1. The van der Waals surface area contributed by atoms with Crippen molar-refractivity contribution in [2.45, 2.75) is 38.5 Å². The van der Waals surface area contributed by atoms with Crippen molar-refractivity contribution in [1.29, 1.82) is 0 Å². The summed E-state index contributed by atoms with van der Waals surface area (Å²) in [5.41, 5.74) is 0.767. The number of amides is 2. The number of carbonyl (C=O) groups excluding carboxylic acids is 2. The molecule has 0 saturated carbocycles. The van der Waals surface area contributed by atoms with Crippen LogP contribution in [0.5, 0.6) is 0 Å². The summed E-state index contributed by atoms with van der Waals surface area (Å²) >= 11 is 0. The van der Waals surface area contributed by atoms with E-state index in [4.69, 9.17) is 0 Å². The van der Waals surface area contributed by atoms with Crippen LogP contribution in [-0.2, 0) is 16.0 Å². The van der Waals surface area contributed by atoms with Crippen molar-refractivity contribution in [3.8, 4) is 0 Å². The largest absolute Gasteiger partial charge is 0.344 e. The molecule has 1 aromatic carbocycles. The first-order valence-electron chi connectivity index (χ1n) is 10.5. The monoisotopic (exact) mass is 389 g/mol.